The molecule has 1 atom stereocenters. The molecule has 4 rings (SSSR count). The van der Waals surface area contributed by atoms with Crippen molar-refractivity contribution in [1.29, 1.82) is 0 Å². The van der Waals surface area contributed by atoms with Crippen LogP contribution in [0.25, 0.3) is 0 Å². The van der Waals surface area contributed by atoms with Gasteiger partial charge in [0.15, 0.2) is 12.4 Å². The zero-order chi connectivity index (χ0) is 24.2. The third-order valence-electron chi connectivity index (χ3n) is 5.48. The van der Waals surface area contributed by atoms with Crippen LogP contribution in [-0.2, 0) is 27.3 Å². The monoisotopic (exact) mass is 463 g/mol. The maximum atomic E-state index is 13.0. The summed E-state index contributed by atoms with van der Waals surface area (Å²) >= 11 is 0. The minimum atomic E-state index is -0.964. The van der Waals surface area contributed by atoms with Crippen molar-refractivity contribution in [3.05, 3.63) is 93.4 Å². The summed E-state index contributed by atoms with van der Waals surface area (Å²) in [6, 6.07) is 13.9. The fourth-order valence-electron chi connectivity index (χ4n) is 3.81. The molecule has 1 aliphatic rings. The fraction of sp³-hybridized carbons (Fsp3) is 0.208. The first-order valence-corrected chi connectivity index (χ1v) is 10.5. The van der Waals surface area contributed by atoms with Crippen LogP contribution < -0.4 is 5.32 Å². The van der Waals surface area contributed by atoms with E-state index in [1.54, 1.807) is 19.1 Å². The van der Waals surface area contributed by atoms with E-state index in [1.807, 2.05) is 24.3 Å². The van der Waals surface area contributed by atoms with Crippen molar-refractivity contribution >= 4 is 29.2 Å². The van der Waals surface area contributed by atoms with Gasteiger partial charge in [-0.15, -0.1) is 0 Å². The first kappa shape index (κ1) is 22.7. The van der Waals surface area contributed by atoms with Crippen molar-refractivity contribution in [2.24, 2.45) is 0 Å². The summed E-state index contributed by atoms with van der Waals surface area (Å²) in [4.78, 5) is 50.3. The van der Waals surface area contributed by atoms with Crippen molar-refractivity contribution in [1.82, 2.24) is 4.90 Å². The lowest BCUT2D eigenvalue weighted by Gasteiger charge is -2.34. The quantitative estimate of drug-likeness (QED) is 0.337. The number of anilines is 1. The standard InChI is InChI=1S/C24H21N3O7/c1-15-8-9-18(19(11-15)27(31)32)25-22(28)14-34-24(30)20-12-16-5-2-3-6-17(16)13-26(20)23(29)21-7-4-10-33-21/h2-11,20H,12-14H2,1H3,(H,25,28)/t20-/m0/s1. The van der Waals surface area contributed by atoms with Gasteiger partial charge >= 0.3 is 5.97 Å². The Labute approximate surface area is 194 Å². The van der Waals surface area contributed by atoms with Crippen LogP contribution in [0.5, 0.6) is 0 Å². The van der Waals surface area contributed by atoms with Crippen molar-refractivity contribution in [2.45, 2.75) is 25.9 Å². The van der Waals surface area contributed by atoms with Gasteiger partial charge < -0.3 is 19.4 Å². The van der Waals surface area contributed by atoms with E-state index >= 15 is 0 Å². The van der Waals surface area contributed by atoms with Crippen LogP contribution in [0.1, 0.15) is 27.2 Å². The molecule has 0 saturated heterocycles. The number of nitro benzene ring substituents is 1. The molecule has 1 aromatic heterocycles. The highest BCUT2D eigenvalue weighted by Gasteiger charge is 2.37. The van der Waals surface area contributed by atoms with Gasteiger partial charge in [0.25, 0.3) is 17.5 Å². The summed E-state index contributed by atoms with van der Waals surface area (Å²) in [5, 5.41) is 13.6. The van der Waals surface area contributed by atoms with E-state index in [1.165, 1.54) is 29.4 Å². The summed E-state index contributed by atoms with van der Waals surface area (Å²) < 4.78 is 10.4. The van der Waals surface area contributed by atoms with Crippen LogP contribution in [0.15, 0.2) is 65.3 Å². The largest absolute Gasteiger partial charge is 0.459 e. The van der Waals surface area contributed by atoms with Gasteiger partial charge in [0.2, 0.25) is 0 Å². The number of fused-ring (bicyclic) bond motifs is 1. The second-order valence-corrected chi connectivity index (χ2v) is 7.83. The number of furan rings is 1. The molecule has 2 aromatic carbocycles. The number of ether oxygens (including phenoxy) is 1. The molecule has 0 spiro atoms. The Kier molecular flexibility index (Phi) is 6.39. The number of amides is 2. The van der Waals surface area contributed by atoms with Crippen molar-refractivity contribution in [3.8, 4) is 0 Å². The summed E-state index contributed by atoms with van der Waals surface area (Å²) in [6.45, 7) is 1.21. The maximum absolute atomic E-state index is 13.0. The number of carbonyl (C=O) groups excluding carboxylic acids is 3. The predicted molar refractivity (Wildman–Crippen MR) is 120 cm³/mol. The highest BCUT2D eigenvalue weighted by Crippen LogP contribution is 2.27. The van der Waals surface area contributed by atoms with Crippen molar-refractivity contribution in [2.75, 3.05) is 11.9 Å². The van der Waals surface area contributed by atoms with Crippen molar-refractivity contribution < 1.29 is 28.5 Å². The van der Waals surface area contributed by atoms with Crippen LogP contribution in [0.2, 0.25) is 0 Å². The number of nitrogens with zero attached hydrogens (tertiary/aromatic N) is 2. The molecular formula is C24H21N3O7. The topological polar surface area (TPSA) is 132 Å². The summed E-state index contributed by atoms with van der Waals surface area (Å²) in [5.41, 5.74) is 2.19. The van der Waals surface area contributed by atoms with E-state index in [0.29, 0.717) is 5.56 Å². The second kappa shape index (κ2) is 9.57. The highest BCUT2D eigenvalue weighted by atomic mass is 16.6. The average Bonchev–Trinajstić information content (AvgIpc) is 3.37. The third-order valence-corrected chi connectivity index (χ3v) is 5.48. The van der Waals surface area contributed by atoms with Gasteiger partial charge in [-0.05, 0) is 41.8 Å². The average molecular weight is 463 g/mol. The van der Waals surface area contributed by atoms with E-state index in [-0.39, 0.29) is 30.1 Å². The number of rotatable bonds is 6. The van der Waals surface area contributed by atoms with Gasteiger partial charge in [-0.25, -0.2) is 4.79 Å². The molecule has 10 nitrogen and oxygen atoms in total. The molecule has 1 aliphatic heterocycles. The van der Waals surface area contributed by atoms with E-state index in [0.717, 1.165) is 11.1 Å². The number of hydrogen-bond acceptors (Lipinski definition) is 7. The Morgan fingerprint density at radius 3 is 2.62 bits per heavy atom. The summed E-state index contributed by atoms with van der Waals surface area (Å²) in [5.74, 6) is -1.88. The summed E-state index contributed by atoms with van der Waals surface area (Å²) in [6.07, 6.45) is 1.58. The minimum Gasteiger partial charge on any atom is -0.459 e. The van der Waals surface area contributed by atoms with E-state index in [2.05, 4.69) is 5.32 Å². The number of nitrogens with one attached hydrogen (secondary N) is 1. The van der Waals surface area contributed by atoms with Gasteiger partial charge in [0.05, 0.1) is 11.2 Å². The number of nitro groups is 1. The SMILES string of the molecule is Cc1ccc(NC(=O)COC(=O)[C@@H]2Cc3ccccc3CN2C(=O)c2ccco2)c([N+](=O)[O-])c1. The molecule has 3 aromatic rings. The molecule has 2 heterocycles. The minimum absolute atomic E-state index is 0.00198. The molecule has 0 fully saturated rings. The lowest BCUT2D eigenvalue weighted by molar-refractivity contribution is -0.384. The molecule has 2 amide bonds. The van der Waals surface area contributed by atoms with Gasteiger partial charge in [-0.2, -0.15) is 0 Å². The molecule has 1 N–H and O–H groups in total. The molecule has 0 saturated carbocycles. The maximum Gasteiger partial charge on any atom is 0.329 e. The van der Waals surface area contributed by atoms with Crippen LogP contribution >= 0.6 is 0 Å². The third kappa shape index (κ3) is 4.80. The Morgan fingerprint density at radius 2 is 1.91 bits per heavy atom. The number of esters is 1. The molecule has 0 radical (unpaired) electrons. The molecule has 0 aliphatic carbocycles. The van der Waals surface area contributed by atoms with Gasteiger partial charge in [0.1, 0.15) is 11.7 Å². The van der Waals surface area contributed by atoms with E-state index < -0.39 is 35.4 Å². The zero-order valence-electron chi connectivity index (χ0n) is 18.2. The normalized spacial score (nSPS) is 14.7. The number of benzene rings is 2. The van der Waals surface area contributed by atoms with Gasteiger partial charge in [-0.3, -0.25) is 19.7 Å². The number of carbonyl (C=O) groups is 3. The first-order chi connectivity index (χ1) is 16.3. The lowest BCUT2D eigenvalue weighted by atomic mass is 9.93. The molecule has 174 valence electrons. The van der Waals surface area contributed by atoms with Crippen LogP contribution in [0, 0.1) is 17.0 Å². The van der Waals surface area contributed by atoms with E-state index in [9.17, 15) is 24.5 Å². The Balaban J connectivity index is 1.47. The zero-order valence-corrected chi connectivity index (χ0v) is 18.2. The number of aryl methyl sites for hydroxylation is 1. The predicted octanol–water partition coefficient (Wildman–Crippen LogP) is 3.25. The van der Waals surface area contributed by atoms with Crippen LogP contribution in [0.4, 0.5) is 11.4 Å². The van der Waals surface area contributed by atoms with Crippen LogP contribution in [-0.4, -0.2) is 40.3 Å². The molecule has 0 bridgehead atoms. The molecule has 0 unspecified atom stereocenters. The second-order valence-electron chi connectivity index (χ2n) is 7.83. The Bertz CT molecular complexity index is 1250. The Morgan fingerprint density at radius 1 is 1.15 bits per heavy atom. The lowest BCUT2D eigenvalue weighted by Crippen LogP contribution is -2.49. The first-order valence-electron chi connectivity index (χ1n) is 10.5. The van der Waals surface area contributed by atoms with E-state index in [4.69, 9.17) is 9.15 Å². The fourth-order valence-corrected chi connectivity index (χ4v) is 3.81. The Hall–Kier alpha value is -4.47. The molecular weight excluding hydrogens is 442 g/mol. The molecule has 34 heavy (non-hydrogen) atoms. The highest BCUT2D eigenvalue weighted by molar-refractivity contribution is 5.97. The summed E-state index contributed by atoms with van der Waals surface area (Å²) in [7, 11) is 0. The number of hydrogen-bond donors (Lipinski definition) is 1. The smallest absolute Gasteiger partial charge is 0.329 e. The molecule has 10 heteroatoms. The van der Waals surface area contributed by atoms with Crippen LogP contribution in [0.3, 0.4) is 0 Å². The van der Waals surface area contributed by atoms with Gasteiger partial charge in [-0.1, -0.05) is 30.3 Å². The van der Waals surface area contributed by atoms with Gasteiger partial charge in [0, 0.05) is 19.0 Å². The van der Waals surface area contributed by atoms with Crippen molar-refractivity contribution in [3.63, 3.8) is 0 Å².